The lowest BCUT2D eigenvalue weighted by Gasteiger charge is -2.29. The van der Waals surface area contributed by atoms with Gasteiger partial charge in [-0.3, -0.25) is 14.2 Å². The Hall–Kier alpha value is -2.32. The van der Waals surface area contributed by atoms with Gasteiger partial charge in [0.25, 0.3) is 5.56 Å². The average Bonchev–Trinajstić information content (AvgIpc) is 2.64. The van der Waals surface area contributed by atoms with E-state index in [1.807, 2.05) is 24.3 Å². The molecule has 0 radical (unpaired) electrons. The van der Waals surface area contributed by atoms with Crippen LogP contribution in [0.5, 0.6) is 5.88 Å². The van der Waals surface area contributed by atoms with Crippen LogP contribution < -0.4 is 10.5 Å². The monoisotopic (exact) mass is 375 g/mol. The number of ether oxygens (including phenoxy) is 1. The predicted molar refractivity (Wildman–Crippen MR) is 99.9 cm³/mol. The maximum atomic E-state index is 12.7. The molecule has 1 aliphatic rings. The van der Waals surface area contributed by atoms with E-state index in [0.717, 1.165) is 36.4 Å². The van der Waals surface area contributed by atoms with Crippen LogP contribution in [0.4, 0.5) is 5.69 Å². The Morgan fingerprint density at radius 3 is 3.00 bits per heavy atom. The van der Waals surface area contributed by atoms with E-state index < -0.39 is 0 Å². The topological polar surface area (TPSA) is 84.7 Å². The number of aromatic nitrogens is 2. The van der Waals surface area contributed by atoms with E-state index in [4.69, 9.17) is 4.74 Å². The van der Waals surface area contributed by atoms with Crippen molar-refractivity contribution in [3.8, 4) is 5.88 Å². The molecule has 0 saturated carbocycles. The summed E-state index contributed by atoms with van der Waals surface area (Å²) in [7, 11) is 1.54. The summed E-state index contributed by atoms with van der Waals surface area (Å²) in [5, 5.41) is 9.93. The maximum Gasteiger partial charge on any atom is 0.258 e. The van der Waals surface area contributed by atoms with Crippen LogP contribution in [0.1, 0.15) is 12.0 Å². The van der Waals surface area contributed by atoms with Crippen LogP contribution in [-0.4, -0.2) is 46.6 Å². The molecule has 0 spiro atoms. The van der Waals surface area contributed by atoms with Crippen LogP contribution in [-0.2, 0) is 22.5 Å². The molecule has 0 fully saturated rings. The Morgan fingerprint density at radius 2 is 2.19 bits per heavy atom. The van der Waals surface area contributed by atoms with Crippen LogP contribution in [0, 0.1) is 0 Å². The minimum absolute atomic E-state index is 0.0435. The maximum absolute atomic E-state index is 12.7. The lowest BCUT2D eigenvalue weighted by atomic mass is 10.0. The fourth-order valence-corrected chi connectivity index (χ4v) is 3.87. The van der Waals surface area contributed by atoms with Crippen LogP contribution >= 0.6 is 11.8 Å². The molecule has 2 heterocycles. The van der Waals surface area contributed by atoms with Gasteiger partial charge in [-0.25, -0.2) is 0 Å². The van der Waals surface area contributed by atoms with Gasteiger partial charge in [-0.1, -0.05) is 30.0 Å². The van der Waals surface area contributed by atoms with E-state index in [2.05, 4.69) is 4.98 Å². The molecule has 3 rings (SSSR count). The molecule has 0 bridgehead atoms. The standard InChI is InChI=1S/C18H21N3O4S/c1-25-10-9-21-16(23)11-15(22)19-18(21)26-12-17(24)20-8-4-6-13-5-2-3-7-14(13)20/h2-3,5,7,11,22H,4,6,8-10,12H2,1H3. The van der Waals surface area contributed by atoms with Crippen molar-refractivity contribution < 1.29 is 14.6 Å². The quantitative estimate of drug-likeness (QED) is 0.611. The molecule has 1 N–H and O–H groups in total. The molecule has 0 saturated heterocycles. The Bertz CT molecular complexity index is 853. The van der Waals surface area contributed by atoms with E-state index in [1.54, 1.807) is 12.0 Å². The molecule has 26 heavy (non-hydrogen) atoms. The number of fused-ring (bicyclic) bond motifs is 1. The fraction of sp³-hybridized carbons (Fsp3) is 0.389. The molecule has 7 nitrogen and oxygen atoms in total. The second-order valence-electron chi connectivity index (χ2n) is 5.95. The molecule has 1 aliphatic heterocycles. The SMILES string of the molecule is COCCn1c(SCC(=O)N2CCCc3ccccc32)nc(O)cc1=O. The Kier molecular flexibility index (Phi) is 5.95. The van der Waals surface area contributed by atoms with E-state index in [9.17, 15) is 14.7 Å². The summed E-state index contributed by atoms with van der Waals surface area (Å²) < 4.78 is 6.42. The van der Waals surface area contributed by atoms with Gasteiger partial charge in [-0.2, -0.15) is 4.98 Å². The van der Waals surface area contributed by atoms with E-state index in [0.29, 0.717) is 24.9 Å². The molecule has 2 aromatic rings. The molecule has 138 valence electrons. The summed E-state index contributed by atoms with van der Waals surface area (Å²) in [6.07, 6.45) is 1.90. The highest BCUT2D eigenvalue weighted by Gasteiger charge is 2.22. The van der Waals surface area contributed by atoms with Gasteiger partial charge in [-0.05, 0) is 24.5 Å². The number of methoxy groups -OCH3 is 1. The highest BCUT2D eigenvalue weighted by atomic mass is 32.2. The van der Waals surface area contributed by atoms with Gasteiger partial charge in [0.15, 0.2) is 5.16 Å². The Morgan fingerprint density at radius 1 is 1.38 bits per heavy atom. The van der Waals surface area contributed by atoms with Crippen LogP contribution in [0.25, 0.3) is 0 Å². The third-order valence-electron chi connectivity index (χ3n) is 4.21. The molecule has 1 aromatic heterocycles. The molecular weight excluding hydrogens is 354 g/mol. The molecular formula is C18H21N3O4S. The first kappa shape index (κ1) is 18.5. The van der Waals surface area contributed by atoms with Crippen LogP contribution in [0.3, 0.4) is 0 Å². The van der Waals surface area contributed by atoms with Crippen molar-refractivity contribution in [2.45, 2.75) is 24.5 Å². The first-order valence-electron chi connectivity index (χ1n) is 8.41. The number of benzene rings is 1. The highest BCUT2D eigenvalue weighted by Crippen LogP contribution is 2.28. The summed E-state index contributed by atoms with van der Waals surface area (Å²) in [6.45, 7) is 1.33. The Balaban J connectivity index is 1.75. The second kappa shape index (κ2) is 8.37. The van der Waals surface area contributed by atoms with Gasteiger partial charge in [0, 0.05) is 19.3 Å². The number of anilines is 1. The van der Waals surface area contributed by atoms with Crippen molar-refractivity contribution in [1.29, 1.82) is 0 Å². The second-order valence-corrected chi connectivity index (χ2v) is 6.89. The highest BCUT2D eigenvalue weighted by molar-refractivity contribution is 7.99. The first-order chi connectivity index (χ1) is 12.6. The van der Waals surface area contributed by atoms with E-state index in [-0.39, 0.29) is 23.1 Å². The molecule has 1 aromatic carbocycles. The Labute approximate surface area is 155 Å². The molecule has 0 unspecified atom stereocenters. The fourth-order valence-electron chi connectivity index (χ4n) is 2.97. The van der Waals surface area contributed by atoms with Crippen molar-refractivity contribution in [3.63, 3.8) is 0 Å². The lowest BCUT2D eigenvalue weighted by molar-refractivity contribution is -0.116. The van der Waals surface area contributed by atoms with Crippen molar-refractivity contribution in [2.75, 3.05) is 30.9 Å². The summed E-state index contributed by atoms with van der Waals surface area (Å²) in [6, 6.07) is 8.96. The zero-order chi connectivity index (χ0) is 18.5. The van der Waals surface area contributed by atoms with Crippen molar-refractivity contribution in [2.24, 2.45) is 0 Å². The predicted octanol–water partition coefficient (Wildman–Crippen LogP) is 1.67. The summed E-state index contributed by atoms with van der Waals surface area (Å²) in [4.78, 5) is 30.6. The van der Waals surface area contributed by atoms with Crippen molar-refractivity contribution in [1.82, 2.24) is 9.55 Å². The van der Waals surface area contributed by atoms with Gasteiger partial charge in [-0.15, -0.1) is 0 Å². The van der Waals surface area contributed by atoms with E-state index in [1.165, 1.54) is 10.1 Å². The number of hydrogen-bond donors (Lipinski definition) is 1. The summed E-state index contributed by atoms with van der Waals surface area (Å²) in [5.41, 5.74) is 1.75. The number of aromatic hydroxyl groups is 1. The van der Waals surface area contributed by atoms with E-state index >= 15 is 0 Å². The lowest BCUT2D eigenvalue weighted by Crippen LogP contribution is -2.36. The number of para-hydroxylation sites is 1. The first-order valence-corrected chi connectivity index (χ1v) is 9.39. The number of rotatable bonds is 6. The van der Waals surface area contributed by atoms with Crippen LogP contribution in [0.15, 0.2) is 40.3 Å². The summed E-state index contributed by atoms with van der Waals surface area (Å²) in [5.74, 6) is -0.253. The number of amides is 1. The largest absolute Gasteiger partial charge is 0.493 e. The third-order valence-corrected chi connectivity index (χ3v) is 5.18. The number of hydrogen-bond acceptors (Lipinski definition) is 6. The van der Waals surface area contributed by atoms with Gasteiger partial charge in [0.1, 0.15) is 0 Å². The van der Waals surface area contributed by atoms with Gasteiger partial charge < -0.3 is 14.7 Å². The number of thioether (sulfide) groups is 1. The zero-order valence-corrected chi connectivity index (χ0v) is 15.4. The normalized spacial score (nSPS) is 13.5. The number of carbonyl (C=O) groups excluding carboxylic acids is 1. The third kappa shape index (κ3) is 4.08. The molecule has 0 atom stereocenters. The smallest absolute Gasteiger partial charge is 0.258 e. The van der Waals surface area contributed by atoms with Crippen LogP contribution in [0.2, 0.25) is 0 Å². The van der Waals surface area contributed by atoms with Gasteiger partial charge >= 0.3 is 0 Å². The number of carbonyl (C=O) groups is 1. The number of aryl methyl sites for hydroxylation is 1. The van der Waals surface area contributed by atoms with Gasteiger partial charge in [0.05, 0.1) is 25.0 Å². The average molecular weight is 375 g/mol. The number of nitrogens with zero attached hydrogens (tertiary/aromatic N) is 3. The zero-order valence-electron chi connectivity index (χ0n) is 14.6. The molecule has 0 aliphatic carbocycles. The molecule has 8 heteroatoms. The van der Waals surface area contributed by atoms with Crippen molar-refractivity contribution >= 4 is 23.4 Å². The molecule has 1 amide bonds. The minimum Gasteiger partial charge on any atom is -0.493 e. The van der Waals surface area contributed by atoms with Gasteiger partial charge in [0.2, 0.25) is 11.8 Å². The van der Waals surface area contributed by atoms with Crippen molar-refractivity contribution in [3.05, 3.63) is 46.2 Å². The summed E-state index contributed by atoms with van der Waals surface area (Å²) >= 11 is 1.15. The minimum atomic E-state index is -0.368.